The molecule has 0 bridgehead atoms. The zero-order chi connectivity index (χ0) is 17.9. The minimum atomic E-state index is -3.99. The van der Waals surface area contributed by atoms with Gasteiger partial charge in [-0.2, -0.15) is 4.72 Å². The predicted molar refractivity (Wildman–Crippen MR) is 91.3 cm³/mol. The highest BCUT2D eigenvalue weighted by Gasteiger charge is 2.23. The van der Waals surface area contributed by atoms with E-state index in [2.05, 4.69) is 10.0 Å². The van der Waals surface area contributed by atoms with Crippen molar-refractivity contribution in [3.63, 3.8) is 0 Å². The Labute approximate surface area is 148 Å². The van der Waals surface area contributed by atoms with Gasteiger partial charge < -0.3 is 5.32 Å². The summed E-state index contributed by atoms with van der Waals surface area (Å²) in [5.74, 6) is -1.32. The summed E-state index contributed by atoms with van der Waals surface area (Å²) < 4.78 is 40.2. The number of sulfonamides is 1. The molecule has 2 aromatic rings. The molecule has 1 unspecified atom stereocenters. The predicted octanol–water partition coefficient (Wildman–Crippen LogP) is 3.44. The van der Waals surface area contributed by atoms with Gasteiger partial charge in [0.25, 0.3) is 0 Å². The van der Waals surface area contributed by atoms with Crippen molar-refractivity contribution in [2.24, 2.45) is 0 Å². The van der Waals surface area contributed by atoms with Crippen LogP contribution in [0.25, 0.3) is 0 Å². The largest absolute Gasteiger partial charge is 0.322 e. The molecule has 9 heteroatoms. The Kier molecular flexibility index (Phi) is 5.82. The summed E-state index contributed by atoms with van der Waals surface area (Å²) >= 11 is 11.5. The maximum absolute atomic E-state index is 13.5. The van der Waals surface area contributed by atoms with E-state index < -0.39 is 27.8 Å². The summed E-state index contributed by atoms with van der Waals surface area (Å²) in [5, 5.41) is 2.60. The van der Waals surface area contributed by atoms with Crippen molar-refractivity contribution in [1.29, 1.82) is 0 Å². The number of amides is 1. The molecule has 0 fully saturated rings. The zero-order valence-corrected chi connectivity index (χ0v) is 14.7. The second kappa shape index (κ2) is 7.48. The highest BCUT2D eigenvalue weighted by Crippen LogP contribution is 2.24. The number of hydrogen-bond donors (Lipinski definition) is 2. The van der Waals surface area contributed by atoms with Crippen LogP contribution in [0.1, 0.15) is 6.92 Å². The number of para-hydroxylation sites is 1. The van der Waals surface area contributed by atoms with E-state index in [0.29, 0.717) is 0 Å². The topological polar surface area (TPSA) is 75.3 Å². The highest BCUT2D eigenvalue weighted by molar-refractivity contribution is 7.89. The molecule has 0 aliphatic heterocycles. The Morgan fingerprint density at radius 1 is 1.12 bits per heavy atom. The smallest absolute Gasteiger partial charge is 0.242 e. The minimum Gasteiger partial charge on any atom is -0.322 e. The molecule has 0 spiro atoms. The van der Waals surface area contributed by atoms with Gasteiger partial charge in [-0.1, -0.05) is 35.3 Å². The van der Waals surface area contributed by atoms with Crippen molar-refractivity contribution in [3.05, 3.63) is 58.3 Å². The van der Waals surface area contributed by atoms with Crippen molar-refractivity contribution < 1.29 is 17.6 Å². The van der Waals surface area contributed by atoms with E-state index in [1.807, 2.05) is 0 Å². The Bertz CT molecular complexity index is 875. The number of benzene rings is 2. The number of anilines is 1. The molecule has 0 radical (unpaired) electrons. The molecule has 128 valence electrons. The fraction of sp³-hybridized carbons (Fsp3) is 0.133. The van der Waals surface area contributed by atoms with Gasteiger partial charge >= 0.3 is 0 Å². The molecule has 0 saturated heterocycles. The lowest BCUT2D eigenvalue weighted by molar-refractivity contribution is -0.117. The van der Waals surface area contributed by atoms with E-state index in [0.717, 1.165) is 0 Å². The van der Waals surface area contributed by atoms with Crippen LogP contribution < -0.4 is 10.0 Å². The van der Waals surface area contributed by atoms with Gasteiger partial charge in [0.2, 0.25) is 15.9 Å². The van der Waals surface area contributed by atoms with E-state index in [1.165, 1.54) is 43.3 Å². The van der Waals surface area contributed by atoms with Crippen LogP contribution in [0.15, 0.2) is 47.4 Å². The SMILES string of the molecule is CC(NS(=O)(=O)c1ccc(Cl)c(Cl)c1)C(=O)Nc1ccccc1F. The van der Waals surface area contributed by atoms with Crippen LogP contribution in [0.5, 0.6) is 0 Å². The molecule has 0 heterocycles. The van der Waals surface area contributed by atoms with Gasteiger partial charge in [-0.05, 0) is 37.3 Å². The normalized spacial score (nSPS) is 12.7. The average Bonchev–Trinajstić information content (AvgIpc) is 2.51. The summed E-state index contributed by atoms with van der Waals surface area (Å²) in [5.41, 5.74) is -0.0388. The second-order valence-electron chi connectivity index (χ2n) is 4.89. The first-order valence-electron chi connectivity index (χ1n) is 6.73. The van der Waals surface area contributed by atoms with E-state index in [1.54, 1.807) is 6.07 Å². The van der Waals surface area contributed by atoms with Crippen molar-refractivity contribution in [2.75, 3.05) is 5.32 Å². The Balaban J connectivity index is 2.12. The molecule has 0 aliphatic carbocycles. The van der Waals surface area contributed by atoms with Crippen molar-refractivity contribution in [2.45, 2.75) is 17.9 Å². The van der Waals surface area contributed by atoms with Crippen molar-refractivity contribution in [1.82, 2.24) is 4.72 Å². The van der Waals surface area contributed by atoms with Crippen LogP contribution in [0.2, 0.25) is 10.0 Å². The van der Waals surface area contributed by atoms with Crippen LogP contribution in [-0.2, 0) is 14.8 Å². The van der Waals surface area contributed by atoms with Crippen molar-refractivity contribution in [3.8, 4) is 0 Å². The van der Waals surface area contributed by atoms with Crippen LogP contribution in [0, 0.1) is 5.82 Å². The number of hydrogen-bond acceptors (Lipinski definition) is 3. The standard InChI is InChI=1S/C15H13Cl2FN2O3S/c1-9(15(21)19-14-5-3-2-4-13(14)18)20-24(22,23)10-6-7-11(16)12(17)8-10/h2-9,20H,1H3,(H,19,21). The van der Waals surface area contributed by atoms with Gasteiger partial charge in [-0.15, -0.1) is 0 Å². The Hall–Kier alpha value is -1.67. The number of halogens is 3. The molecule has 1 atom stereocenters. The lowest BCUT2D eigenvalue weighted by atomic mass is 10.2. The van der Waals surface area contributed by atoms with Gasteiger partial charge in [0, 0.05) is 0 Å². The molecule has 5 nitrogen and oxygen atoms in total. The van der Waals surface area contributed by atoms with Crippen LogP contribution in [0.4, 0.5) is 10.1 Å². The van der Waals surface area contributed by atoms with Crippen molar-refractivity contribution >= 4 is 44.8 Å². The molecule has 1 amide bonds. The first kappa shape index (κ1) is 18.7. The Morgan fingerprint density at radius 2 is 1.79 bits per heavy atom. The highest BCUT2D eigenvalue weighted by atomic mass is 35.5. The molecule has 2 N–H and O–H groups in total. The van der Waals surface area contributed by atoms with Crippen LogP contribution in [-0.4, -0.2) is 20.4 Å². The fourth-order valence-corrected chi connectivity index (χ4v) is 3.39. The molecule has 2 aromatic carbocycles. The van der Waals surface area contributed by atoms with E-state index in [4.69, 9.17) is 23.2 Å². The summed E-state index contributed by atoms with van der Waals surface area (Å²) in [7, 11) is -3.99. The zero-order valence-electron chi connectivity index (χ0n) is 12.4. The maximum Gasteiger partial charge on any atom is 0.242 e. The molecular formula is C15H13Cl2FN2O3S. The Morgan fingerprint density at radius 3 is 2.42 bits per heavy atom. The summed E-state index contributed by atoms with van der Waals surface area (Å²) in [6, 6.07) is 8.20. The monoisotopic (exact) mass is 390 g/mol. The molecule has 0 aromatic heterocycles. The lowest BCUT2D eigenvalue weighted by Crippen LogP contribution is -2.41. The summed E-state index contributed by atoms with van der Waals surface area (Å²) in [6.07, 6.45) is 0. The van der Waals surface area contributed by atoms with E-state index in [9.17, 15) is 17.6 Å². The molecular weight excluding hydrogens is 378 g/mol. The number of rotatable bonds is 5. The quantitative estimate of drug-likeness (QED) is 0.820. The summed E-state index contributed by atoms with van der Waals surface area (Å²) in [6.45, 7) is 1.34. The number of carbonyl (C=O) groups is 1. The third-order valence-corrected chi connectivity index (χ3v) is 5.34. The van der Waals surface area contributed by atoms with Gasteiger partial charge in [0.05, 0.1) is 26.7 Å². The first-order chi connectivity index (χ1) is 11.2. The van der Waals surface area contributed by atoms with Gasteiger partial charge in [-0.25, -0.2) is 12.8 Å². The maximum atomic E-state index is 13.5. The van der Waals surface area contributed by atoms with Crippen LogP contribution in [0.3, 0.4) is 0 Å². The lowest BCUT2D eigenvalue weighted by Gasteiger charge is -2.15. The molecule has 0 saturated carbocycles. The first-order valence-corrected chi connectivity index (χ1v) is 8.97. The molecule has 2 rings (SSSR count). The number of carbonyl (C=O) groups excluding carboxylic acids is 1. The fourth-order valence-electron chi connectivity index (χ4n) is 1.80. The molecule has 24 heavy (non-hydrogen) atoms. The van der Waals surface area contributed by atoms with E-state index >= 15 is 0 Å². The number of nitrogens with one attached hydrogen (secondary N) is 2. The van der Waals surface area contributed by atoms with Gasteiger partial charge in [0.1, 0.15) is 5.82 Å². The van der Waals surface area contributed by atoms with E-state index in [-0.39, 0.29) is 20.6 Å². The average molecular weight is 391 g/mol. The third-order valence-electron chi connectivity index (χ3n) is 3.06. The van der Waals surface area contributed by atoms with Gasteiger partial charge in [-0.3, -0.25) is 4.79 Å². The molecule has 0 aliphatic rings. The third kappa shape index (κ3) is 4.45. The second-order valence-corrected chi connectivity index (χ2v) is 7.42. The summed E-state index contributed by atoms with van der Waals surface area (Å²) in [4.78, 5) is 11.9. The van der Waals surface area contributed by atoms with Crippen LogP contribution >= 0.6 is 23.2 Å². The van der Waals surface area contributed by atoms with Gasteiger partial charge in [0.15, 0.2) is 0 Å². The minimum absolute atomic E-state index is 0.0388.